The van der Waals surface area contributed by atoms with Gasteiger partial charge < -0.3 is 15.4 Å². The van der Waals surface area contributed by atoms with Gasteiger partial charge in [0, 0.05) is 25.2 Å². The van der Waals surface area contributed by atoms with Crippen molar-refractivity contribution < 1.29 is 27.5 Å². The van der Waals surface area contributed by atoms with Crippen LogP contribution in [-0.2, 0) is 30.8 Å². The fourth-order valence-corrected chi connectivity index (χ4v) is 5.60. The van der Waals surface area contributed by atoms with Crippen LogP contribution in [0.3, 0.4) is 0 Å². The second-order valence-corrected chi connectivity index (χ2v) is 10.1. The Morgan fingerprint density at radius 3 is 2.53 bits per heavy atom. The van der Waals surface area contributed by atoms with E-state index in [4.69, 9.17) is 4.74 Å². The topological polar surface area (TPSA) is 125 Å². The number of aryl methyl sites for hydroxylation is 1. The Morgan fingerprint density at radius 2 is 1.82 bits per heavy atom. The minimum atomic E-state index is -3.75. The zero-order valence-corrected chi connectivity index (χ0v) is 19.5. The number of imide groups is 1. The maximum atomic E-state index is 13.0. The molecule has 2 N–H and O–H groups in total. The molecule has 0 aliphatic carbocycles. The summed E-state index contributed by atoms with van der Waals surface area (Å²) < 4.78 is 32.7. The minimum Gasteiger partial charge on any atom is -0.379 e. The van der Waals surface area contributed by atoms with E-state index in [0.29, 0.717) is 25.2 Å². The molecular weight excluding hydrogens is 460 g/mol. The number of sulfonamides is 1. The van der Waals surface area contributed by atoms with Crippen molar-refractivity contribution in [2.24, 2.45) is 0 Å². The van der Waals surface area contributed by atoms with Crippen molar-refractivity contribution in [3.05, 3.63) is 59.7 Å². The zero-order valence-electron chi connectivity index (χ0n) is 18.7. The monoisotopic (exact) mass is 486 g/mol. The van der Waals surface area contributed by atoms with Crippen LogP contribution in [0.1, 0.15) is 11.1 Å². The number of urea groups is 1. The number of carbonyl (C=O) groups excluding carboxylic acids is 3. The van der Waals surface area contributed by atoms with E-state index in [0.717, 1.165) is 10.5 Å². The van der Waals surface area contributed by atoms with Crippen LogP contribution >= 0.6 is 0 Å². The highest BCUT2D eigenvalue weighted by Crippen LogP contribution is 2.24. The molecule has 11 heteroatoms. The van der Waals surface area contributed by atoms with Gasteiger partial charge in [-0.3, -0.25) is 14.5 Å². The molecule has 4 rings (SSSR count). The van der Waals surface area contributed by atoms with E-state index in [1.54, 1.807) is 19.1 Å². The lowest BCUT2D eigenvalue weighted by Crippen LogP contribution is -2.41. The third-order valence-corrected chi connectivity index (χ3v) is 7.79. The lowest BCUT2D eigenvalue weighted by molar-refractivity contribution is -0.130. The quantitative estimate of drug-likeness (QED) is 0.565. The van der Waals surface area contributed by atoms with E-state index >= 15 is 0 Å². The van der Waals surface area contributed by atoms with Crippen LogP contribution < -0.4 is 10.6 Å². The molecule has 1 unspecified atom stereocenters. The summed E-state index contributed by atoms with van der Waals surface area (Å²) in [5.74, 6) is -1.09. The summed E-state index contributed by atoms with van der Waals surface area (Å²) in [5.41, 5.74) is 1.69. The molecule has 0 aromatic heterocycles. The standard InChI is InChI=1S/C23H26N4O6S/c1-16-7-8-18(14-20(16)34(31,32)26-9-11-33-12-10-26)24-21(28)15-27-22(29)19(25-23(27)30)13-17-5-3-2-4-6-17/h2-8,14,19H,9-13,15H2,1H3,(H,24,28)(H,25,30). The van der Waals surface area contributed by atoms with Gasteiger partial charge in [0.05, 0.1) is 18.1 Å². The maximum absolute atomic E-state index is 13.0. The summed E-state index contributed by atoms with van der Waals surface area (Å²) in [6.45, 7) is 2.37. The van der Waals surface area contributed by atoms with Gasteiger partial charge in [-0.15, -0.1) is 0 Å². The fraction of sp³-hybridized carbons (Fsp3) is 0.348. The summed E-state index contributed by atoms with van der Waals surface area (Å²) in [6, 6.07) is 12.5. The van der Waals surface area contributed by atoms with Crippen LogP contribution in [0.25, 0.3) is 0 Å². The molecule has 2 aliphatic rings. The number of morpholine rings is 1. The third-order valence-electron chi connectivity index (χ3n) is 5.75. The molecule has 2 fully saturated rings. The number of benzene rings is 2. The number of hydrogen-bond acceptors (Lipinski definition) is 6. The van der Waals surface area contributed by atoms with Crippen molar-refractivity contribution >= 4 is 33.6 Å². The Bertz CT molecular complexity index is 1200. The van der Waals surface area contributed by atoms with Gasteiger partial charge in [0.15, 0.2) is 0 Å². The Balaban J connectivity index is 1.42. The SMILES string of the molecule is Cc1ccc(NC(=O)CN2C(=O)NC(Cc3ccccc3)C2=O)cc1S(=O)(=O)N1CCOCC1. The van der Waals surface area contributed by atoms with Gasteiger partial charge in [-0.1, -0.05) is 36.4 Å². The molecule has 0 radical (unpaired) electrons. The lowest BCUT2D eigenvalue weighted by atomic mass is 10.1. The molecule has 0 saturated carbocycles. The number of carbonyl (C=O) groups is 3. The van der Waals surface area contributed by atoms with E-state index in [1.165, 1.54) is 10.4 Å². The Morgan fingerprint density at radius 1 is 1.12 bits per heavy atom. The van der Waals surface area contributed by atoms with Gasteiger partial charge in [0.25, 0.3) is 5.91 Å². The summed E-state index contributed by atoms with van der Waals surface area (Å²) in [4.78, 5) is 38.5. The Kier molecular flexibility index (Phi) is 6.96. The van der Waals surface area contributed by atoms with Crippen LogP contribution in [0.2, 0.25) is 0 Å². The average Bonchev–Trinajstić information content (AvgIpc) is 3.08. The number of rotatable bonds is 7. The first-order chi connectivity index (χ1) is 16.3. The van der Waals surface area contributed by atoms with Crippen molar-refractivity contribution in [1.29, 1.82) is 0 Å². The van der Waals surface area contributed by atoms with Crippen molar-refractivity contribution in [1.82, 2.24) is 14.5 Å². The molecule has 34 heavy (non-hydrogen) atoms. The zero-order chi connectivity index (χ0) is 24.3. The minimum absolute atomic E-state index is 0.0881. The second-order valence-electron chi connectivity index (χ2n) is 8.16. The van der Waals surface area contributed by atoms with Crippen molar-refractivity contribution in [2.45, 2.75) is 24.3 Å². The number of nitrogens with zero attached hydrogens (tertiary/aromatic N) is 2. The van der Waals surface area contributed by atoms with Gasteiger partial charge in [-0.25, -0.2) is 13.2 Å². The highest BCUT2D eigenvalue weighted by Gasteiger charge is 2.39. The number of ether oxygens (including phenoxy) is 1. The number of anilines is 1. The molecule has 2 aliphatic heterocycles. The summed E-state index contributed by atoms with van der Waals surface area (Å²) in [6.07, 6.45) is 0.324. The van der Waals surface area contributed by atoms with Crippen molar-refractivity contribution in [2.75, 3.05) is 38.2 Å². The van der Waals surface area contributed by atoms with E-state index in [2.05, 4.69) is 10.6 Å². The van der Waals surface area contributed by atoms with Crippen molar-refractivity contribution in [3.8, 4) is 0 Å². The first kappa shape index (κ1) is 23.9. The fourth-order valence-electron chi connectivity index (χ4n) is 3.94. The largest absolute Gasteiger partial charge is 0.379 e. The highest BCUT2D eigenvalue weighted by atomic mass is 32.2. The lowest BCUT2D eigenvalue weighted by Gasteiger charge is -2.27. The summed E-state index contributed by atoms with van der Waals surface area (Å²) in [5, 5.41) is 5.20. The van der Waals surface area contributed by atoms with E-state index in [9.17, 15) is 22.8 Å². The molecule has 4 amide bonds. The van der Waals surface area contributed by atoms with Crippen LogP contribution in [0, 0.1) is 6.92 Å². The first-order valence-electron chi connectivity index (χ1n) is 10.9. The molecule has 2 heterocycles. The molecule has 2 aromatic carbocycles. The molecule has 2 saturated heterocycles. The maximum Gasteiger partial charge on any atom is 0.325 e. The predicted octanol–water partition coefficient (Wildman–Crippen LogP) is 1.12. The Hall–Kier alpha value is -3.28. The second kappa shape index (κ2) is 9.92. The molecule has 1 atom stereocenters. The van der Waals surface area contributed by atoms with Gasteiger partial charge in [-0.2, -0.15) is 4.31 Å². The molecule has 180 valence electrons. The molecular formula is C23H26N4O6S. The Labute approximate surface area is 197 Å². The molecule has 0 spiro atoms. The van der Waals surface area contributed by atoms with Gasteiger partial charge >= 0.3 is 6.03 Å². The smallest absolute Gasteiger partial charge is 0.325 e. The summed E-state index contributed by atoms with van der Waals surface area (Å²) >= 11 is 0. The van der Waals surface area contributed by atoms with Gasteiger partial charge in [0.2, 0.25) is 15.9 Å². The number of amides is 4. The molecule has 2 aromatic rings. The normalized spacial score (nSPS) is 19.2. The van der Waals surface area contributed by atoms with E-state index < -0.39 is 40.5 Å². The highest BCUT2D eigenvalue weighted by molar-refractivity contribution is 7.89. The third kappa shape index (κ3) is 5.11. The van der Waals surface area contributed by atoms with Crippen LogP contribution in [0.5, 0.6) is 0 Å². The first-order valence-corrected chi connectivity index (χ1v) is 12.3. The van der Waals surface area contributed by atoms with E-state index in [-0.39, 0.29) is 23.7 Å². The van der Waals surface area contributed by atoms with E-state index in [1.807, 2.05) is 30.3 Å². The van der Waals surface area contributed by atoms with Crippen molar-refractivity contribution in [3.63, 3.8) is 0 Å². The number of hydrogen-bond donors (Lipinski definition) is 2. The molecule has 10 nitrogen and oxygen atoms in total. The molecule has 0 bridgehead atoms. The van der Waals surface area contributed by atoms with Crippen LogP contribution in [-0.4, -0.2) is 74.4 Å². The predicted molar refractivity (Wildman–Crippen MR) is 124 cm³/mol. The van der Waals surface area contributed by atoms with Crippen LogP contribution in [0.4, 0.5) is 10.5 Å². The van der Waals surface area contributed by atoms with Gasteiger partial charge in [0.1, 0.15) is 12.6 Å². The van der Waals surface area contributed by atoms with Gasteiger partial charge in [-0.05, 0) is 30.2 Å². The average molecular weight is 487 g/mol. The summed E-state index contributed by atoms with van der Waals surface area (Å²) in [7, 11) is -3.75. The number of nitrogens with one attached hydrogen (secondary N) is 2. The van der Waals surface area contributed by atoms with Crippen LogP contribution in [0.15, 0.2) is 53.4 Å².